The first kappa shape index (κ1) is 26.7. The summed E-state index contributed by atoms with van der Waals surface area (Å²) in [4.78, 5) is 17.9. The zero-order valence-electron chi connectivity index (χ0n) is 28.0. The van der Waals surface area contributed by atoms with Crippen molar-refractivity contribution in [1.29, 1.82) is 0 Å². The number of carbonyl (C=O) groups excluding carboxylic acids is 1. The predicted octanol–water partition coefficient (Wildman–Crippen LogP) is 5.51. The molecule has 2 aliphatic heterocycles. The molecule has 10 heteroatoms. The van der Waals surface area contributed by atoms with Crippen molar-refractivity contribution in [2.75, 3.05) is 51.5 Å². The summed E-state index contributed by atoms with van der Waals surface area (Å²) in [5, 5.41) is 10.2. The summed E-state index contributed by atoms with van der Waals surface area (Å²) < 4.78 is 61.5. The minimum Gasteiger partial charge on any atom is -0.395 e. The molecule has 228 valence electrons. The molecule has 7 nitrogen and oxygen atoms in total. The van der Waals surface area contributed by atoms with Crippen LogP contribution in [0, 0.1) is 16.7 Å². The van der Waals surface area contributed by atoms with Crippen LogP contribution >= 0.6 is 23.4 Å². The smallest absolute Gasteiger partial charge is 0.265 e. The second-order valence-corrected chi connectivity index (χ2v) is 15.1. The van der Waals surface area contributed by atoms with E-state index < -0.39 is 34.3 Å². The normalized spacial score (nSPS) is 28.2. The molecular formula is C32H41ClN2O5S2. The number of rotatable bonds is 7. The average Bonchev–Trinajstić information content (AvgIpc) is 3.30. The summed E-state index contributed by atoms with van der Waals surface area (Å²) in [6.07, 6.45) is 5.07. The van der Waals surface area contributed by atoms with Gasteiger partial charge >= 0.3 is 0 Å². The first-order valence-corrected chi connectivity index (χ1v) is 17.1. The molecule has 0 radical (unpaired) electrons. The van der Waals surface area contributed by atoms with Crippen molar-refractivity contribution in [1.82, 2.24) is 9.80 Å². The highest BCUT2D eigenvalue weighted by molar-refractivity contribution is 7.99. The van der Waals surface area contributed by atoms with E-state index >= 15 is 0 Å². The maximum Gasteiger partial charge on any atom is 0.265 e. The van der Waals surface area contributed by atoms with Gasteiger partial charge in [-0.1, -0.05) is 61.5 Å². The topological polar surface area (TPSA) is 98.1 Å². The molecule has 2 saturated carbocycles. The number of fused-ring (bicyclic) bond motifs is 4. The molecule has 2 aromatic carbocycles. The lowest BCUT2D eigenvalue weighted by atomic mass is 9.70. The molecule has 4 aliphatic rings. The third-order valence-electron chi connectivity index (χ3n) is 9.57. The number of benzene rings is 2. The van der Waals surface area contributed by atoms with Gasteiger partial charge in [0.15, 0.2) is 0 Å². The molecule has 42 heavy (non-hydrogen) atoms. The SMILES string of the molecule is CC1(C)[C@H]2CC[C@]1(CS(=O)(=O)O)C(=O)C2.[2H]C([2H])(O)C([2H])([2H])N1CCN(CC/C=C2\c3ccccc3Sc3ccc(Cl)cc32)CC1. The van der Waals surface area contributed by atoms with Gasteiger partial charge in [-0.05, 0) is 71.6 Å². The van der Waals surface area contributed by atoms with Gasteiger partial charge in [-0.25, -0.2) is 0 Å². The van der Waals surface area contributed by atoms with Crippen LogP contribution in [-0.2, 0) is 14.9 Å². The number of Topliss-reactive ketones (excluding diaryl/α,β-unsaturated/α-hetero) is 1. The van der Waals surface area contributed by atoms with Crippen molar-refractivity contribution in [2.24, 2.45) is 16.7 Å². The number of nitrogens with zero attached hydrogens (tertiary/aromatic N) is 2. The highest BCUT2D eigenvalue weighted by atomic mass is 35.5. The molecule has 0 amide bonds. The van der Waals surface area contributed by atoms with E-state index in [4.69, 9.17) is 21.6 Å². The first-order valence-electron chi connectivity index (χ1n) is 16.3. The molecular weight excluding hydrogens is 592 g/mol. The molecule has 6 rings (SSSR count). The molecule has 1 saturated heterocycles. The van der Waals surface area contributed by atoms with E-state index in [0.717, 1.165) is 30.0 Å². The summed E-state index contributed by atoms with van der Waals surface area (Å²) in [7, 11) is -4.08. The monoisotopic (exact) mass is 636 g/mol. The van der Waals surface area contributed by atoms with Gasteiger partial charge in [0.25, 0.3) is 10.1 Å². The molecule has 2 N–H and O–H groups in total. The number of piperazine rings is 1. The fraction of sp³-hybridized carbons (Fsp3) is 0.531. The molecule has 2 bridgehead atoms. The highest BCUT2D eigenvalue weighted by Crippen LogP contribution is 2.64. The maximum absolute atomic E-state index is 11.9. The zero-order valence-corrected chi connectivity index (χ0v) is 26.4. The first-order chi connectivity index (χ1) is 21.4. The van der Waals surface area contributed by atoms with E-state index in [9.17, 15) is 18.3 Å². The second kappa shape index (κ2) is 12.7. The van der Waals surface area contributed by atoms with E-state index in [1.807, 2.05) is 26.0 Å². The maximum atomic E-state index is 11.9. The Kier molecular flexibility index (Phi) is 8.07. The van der Waals surface area contributed by atoms with Crippen molar-refractivity contribution >= 4 is 44.8 Å². The summed E-state index contributed by atoms with van der Waals surface area (Å²) in [6.45, 7) is 1.46. The molecule has 2 aliphatic carbocycles. The third kappa shape index (κ3) is 6.53. The van der Waals surface area contributed by atoms with Gasteiger partial charge < -0.3 is 10.0 Å². The Bertz CT molecular complexity index is 1620. The Labute approximate surface area is 264 Å². The van der Waals surface area contributed by atoms with Gasteiger partial charge in [-0.2, -0.15) is 8.42 Å². The van der Waals surface area contributed by atoms with Crippen LogP contribution in [0.4, 0.5) is 0 Å². The van der Waals surface area contributed by atoms with Crippen LogP contribution in [0.5, 0.6) is 0 Å². The van der Waals surface area contributed by atoms with Crippen molar-refractivity contribution in [3.8, 4) is 0 Å². The van der Waals surface area contributed by atoms with Crippen molar-refractivity contribution in [3.63, 3.8) is 0 Å². The van der Waals surface area contributed by atoms with Gasteiger partial charge in [0.2, 0.25) is 0 Å². The second-order valence-electron chi connectivity index (χ2n) is 12.1. The number of β-amino-alcohol motifs (C(OH)–C–C–N with tert-alkyl or cyclic N) is 1. The van der Waals surface area contributed by atoms with Crippen LogP contribution in [-0.4, -0.2) is 85.2 Å². The number of hydrogen-bond acceptors (Lipinski definition) is 7. The Hall–Kier alpha value is -1.72. The van der Waals surface area contributed by atoms with Gasteiger partial charge in [-0.3, -0.25) is 14.2 Å². The number of hydrogen-bond donors (Lipinski definition) is 2. The fourth-order valence-electron chi connectivity index (χ4n) is 7.03. The lowest BCUT2D eigenvalue weighted by molar-refractivity contribution is -0.128. The van der Waals surface area contributed by atoms with Crippen LogP contribution in [0.1, 0.15) is 56.1 Å². The molecule has 2 heterocycles. The molecule has 3 fully saturated rings. The van der Waals surface area contributed by atoms with Gasteiger partial charge in [-0.15, -0.1) is 0 Å². The molecule has 0 spiro atoms. The van der Waals surface area contributed by atoms with E-state index in [2.05, 4.69) is 41.3 Å². The van der Waals surface area contributed by atoms with E-state index in [1.54, 1.807) is 11.8 Å². The third-order valence-corrected chi connectivity index (χ3v) is 11.8. The molecule has 2 aromatic rings. The van der Waals surface area contributed by atoms with Gasteiger partial charge in [0, 0.05) is 63.2 Å². The Balaban J connectivity index is 0.000000232. The van der Waals surface area contributed by atoms with Crippen LogP contribution < -0.4 is 0 Å². The number of halogens is 1. The minimum absolute atomic E-state index is 0.0152. The predicted molar refractivity (Wildman–Crippen MR) is 169 cm³/mol. The lowest BCUT2D eigenvalue weighted by Gasteiger charge is -2.35. The summed E-state index contributed by atoms with van der Waals surface area (Å²) >= 11 is 8.04. The molecule has 0 unspecified atom stereocenters. The Morgan fingerprint density at radius 3 is 2.43 bits per heavy atom. The zero-order chi connectivity index (χ0) is 33.7. The lowest BCUT2D eigenvalue weighted by Crippen LogP contribution is -2.47. The minimum atomic E-state index is -4.08. The van der Waals surface area contributed by atoms with Crippen LogP contribution in [0.15, 0.2) is 58.3 Å². The van der Waals surface area contributed by atoms with Crippen molar-refractivity contribution in [3.05, 3.63) is 64.7 Å². The van der Waals surface area contributed by atoms with Crippen molar-refractivity contribution in [2.45, 2.75) is 49.3 Å². The standard InChI is InChI=1S/C22H25ClN2OS.C10H16O4S/c23-17-7-8-22-20(16-17)18(19-4-1-2-6-21(19)27-22)5-3-9-24-10-12-25(13-11-24)14-15-26;1-9(2)7-3-4-10(9,8(11)5-7)6-15(12,13)14/h1-2,4-8,16,26H,3,9-15H2;7H,3-6H2,1-2H3,(H,12,13,14)/b18-5+;/t;7-,10-/m.0/s1/i14D2,15D2;. The van der Waals surface area contributed by atoms with E-state index in [1.165, 1.54) is 25.8 Å². The van der Waals surface area contributed by atoms with Gasteiger partial charge in [0.05, 0.1) is 20.5 Å². The largest absolute Gasteiger partial charge is 0.395 e. The number of aliphatic hydroxyl groups is 1. The summed E-state index contributed by atoms with van der Waals surface area (Å²) in [5.41, 5.74) is 2.44. The van der Waals surface area contributed by atoms with E-state index in [-0.39, 0.29) is 17.1 Å². The van der Waals surface area contributed by atoms with E-state index in [0.29, 0.717) is 39.0 Å². The number of carbonyl (C=O) groups is 1. The number of ketones is 1. The molecule has 0 aromatic heterocycles. The quantitative estimate of drug-likeness (QED) is 0.328. The van der Waals surface area contributed by atoms with Crippen LogP contribution in [0.3, 0.4) is 0 Å². The Morgan fingerprint density at radius 1 is 1.10 bits per heavy atom. The Morgan fingerprint density at radius 2 is 1.79 bits per heavy atom. The van der Waals surface area contributed by atoms with Crippen LogP contribution in [0.25, 0.3) is 5.57 Å². The average molecular weight is 637 g/mol. The van der Waals surface area contributed by atoms with Crippen LogP contribution in [0.2, 0.25) is 5.02 Å². The summed E-state index contributed by atoms with van der Waals surface area (Å²) in [6, 6.07) is 14.4. The van der Waals surface area contributed by atoms with Gasteiger partial charge in [0.1, 0.15) is 5.78 Å². The highest BCUT2D eigenvalue weighted by Gasteiger charge is 2.65. The molecule has 2 atom stereocenters. The fourth-order valence-corrected chi connectivity index (χ4v) is 9.59. The summed E-state index contributed by atoms with van der Waals surface area (Å²) in [5.74, 6) is -0.101. The van der Waals surface area contributed by atoms with Crippen molar-refractivity contribution < 1.29 is 28.4 Å².